The number of thiophene rings is 1. The molecule has 3 heterocycles. The van der Waals surface area contributed by atoms with E-state index < -0.39 is 22.1 Å². The number of carbonyl (C=O) groups excluding carboxylic acids is 1. The van der Waals surface area contributed by atoms with E-state index in [1.54, 1.807) is 0 Å². The van der Waals surface area contributed by atoms with Crippen molar-refractivity contribution in [3.05, 3.63) is 55.8 Å². The Morgan fingerprint density at radius 1 is 1.43 bits per heavy atom. The number of aromatic amines is 1. The highest BCUT2D eigenvalue weighted by Gasteiger charge is 2.17. The van der Waals surface area contributed by atoms with Crippen molar-refractivity contribution in [2.24, 2.45) is 0 Å². The van der Waals surface area contributed by atoms with Gasteiger partial charge in [-0.25, -0.2) is 0 Å². The summed E-state index contributed by atoms with van der Waals surface area (Å²) in [4.78, 5) is 40.4. The second-order valence-corrected chi connectivity index (χ2v) is 5.91. The summed E-state index contributed by atoms with van der Waals surface area (Å²) in [6.07, 6.45) is 1.10. The molecule has 3 aromatic rings. The zero-order chi connectivity index (χ0) is 16.4. The first kappa shape index (κ1) is 15.0. The first-order valence-corrected chi connectivity index (χ1v) is 7.76. The van der Waals surface area contributed by atoms with Gasteiger partial charge in [-0.15, -0.1) is 11.3 Å². The van der Waals surface area contributed by atoms with E-state index in [4.69, 9.17) is 0 Å². The molecule has 9 nitrogen and oxygen atoms in total. The highest BCUT2D eigenvalue weighted by Crippen LogP contribution is 2.25. The Labute approximate surface area is 136 Å². The number of amides is 1. The van der Waals surface area contributed by atoms with Gasteiger partial charge in [0, 0.05) is 23.8 Å². The van der Waals surface area contributed by atoms with E-state index >= 15 is 0 Å². The van der Waals surface area contributed by atoms with Crippen LogP contribution in [0.25, 0.3) is 10.7 Å². The summed E-state index contributed by atoms with van der Waals surface area (Å²) in [5.74, 6) is -0.133. The summed E-state index contributed by atoms with van der Waals surface area (Å²) in [6, 6.07) is 4.62. The van der Waals surface area contributed by atoms with Crippen LogP contribution in [0.1, 0.15) is 10.4 Å². The van der Waals surface area contributed by atoms with E-state index in [2.05, 4.69) is 19.7 Å². The maximum absolute atomic E-state index is 12.1. The Morgan fingerprint density at radius 2 is 2.26 bits per heavy atom. The summed E-state index contributed by atoms with van der Waals surface area (Å²) in [5, 5.41) is 15.4. The van der Waals surface area contributed by atoms with Crippen LogP contribution in [0.3, 0.4) is 0 Å². The zero-order valence-electron chi connectivity index (χ0n) is 11.2. The van der Waals surface area contributed by atoms with Gasteiger partial charge in [0.25, 0.3) is 5.91 Å². The molecule has 2 N–H and O–H groups in total. The Bertz CT molecular complexity index is 931. The molecule has 0 fully saturated rings. The van der Waals surface area contributed by atoms with Crippen LogP contribution in [0.4, 0.5) is 10.8 Å². The minimum Gasteiger partial charge on any atom is -0.322 e. The average molecular weight is 349 g/mol. The minimum atomic E-state index is -0.873. The molecule has 3 rings (SSSR count). The van der Waals surface area contributed by atoms with Crippen molar-refractivity contribution in [2.75, 3.05) is 5.32 Å². The fraction of sp³-hybridized carbons (Fsp3) is 0. The van der Waals surface area contributed by atoms with Crippen LogP contribution >= 0.6 is 22.9 Å². The summed E-state index contributed by atoms with van der Waals surface area (Å²) < 4.78 is 4.13. The second-order valence-electron chi connectivity index (χ2n) is 4.21. The van der Waals surface area contributed by atoms with Gasteiger partial charge in [-0.1, -0.05) is 6.07 Å². The van der Waals surface area contributed by atoms with Gasteiger partial charge in [-0.05, 0) is 11.4 Å². The summed E-state index contributed by atoms with van der Waals surface area (Å²) in [7, 11) is 0. The van der Waals surface area contributed by atoms with Gasteiger partial charge in [0.05, 0.1) is 15.4 Å². The van der Waals surface area contributed by atoms with Gasteiger partial charge in [0.2, 0.25) is 5.13 Å². The topological polar surface area (TPSA) is 131 Å². The van der Waals surface area contributed by atoms with Gasteiger partial charge in [0.15, 0.2) is 5.82 Å². The number of H-pyrrole nitrogens is 1. The molecular formula is C12H7N5O4S2. The van der Waals surface area contributed by atoms with Crippen molar-refractivity contribution in [3.8, 4) is 10.7 Å². The molecule has 11 heteroatoms. The molecule has 0 aliphatic carbocycles. The Morgan fingerprint density at radius 3 is 2.96 bits per heavy atom. The third-order valence-electron chi connectivity index (χ3n) is 2.73. The predicted molar refractivity (Wildman–Crippen MR) is 84.9 cm³/mol. The molecular weight excluding hydrogens is 342 g/mol. The van der Waals surface area contributed by atoms with Crippen LogP contribution in [-0.4, -0.2) is 25.2 Å². The Kier molecular flexibility index (Phi) is 3.95. The van der Waals surface area contributed by atoms with E-state index in [0.29, 0.717) is 5.82 Å². The molecule has 0 bridgehead atoms. The molecule has 1 amide bonds. The largest absolute Gasteiger partial charge is 0.334 e. The first-order valence-electron chi connectivity index (χ1n) is 6.10. The van der Waals surface area contributed by atoms with Crippen LogP contribution in [0.2, 0.25) is 0 Å². The first-order chi connectivity index (χ1) is 11.0. The SMILES string of the molecule is O=C(Nc1nc(-c2cccs2)ns1)c1c[nH]c(=O)c([N+](=O)[O-])c1. The lowest BCUT2D eigenvalue weighted by atomic mass is 10.2. The maximum atomic E-state index is 12.1. The third kappa shape index (κ3) is 3.14. The number of hydrogen-bond donors (Lipinski definition) is 2. The van der Waals surface area contributed by atoms with Crippen LogP contribution in [-0.2, 0) is 0 Å². The molecule has 3 aromatic heterocycles. The van der Waals surface area contributed by atoms with E-state index in [9.17, 15) is 19.7 Å². The maximum Gasteiger partial charge on any atom is 0.334 e. The highest BCUT2D eigenvalue weighted by atomic mass is 32.1. The fourth-order valence-corrected chi connectivity index (χ4v) is 2.98. The lowest BCUT2D eigenvalue weighted by Gasteiger charge is -2.00. The smallest absolute Gasteiger partial charge is 0.322 e. The number of hydrogen-bond acceptors (Lipinski definition) is 8. The lowest BCUT2D eigenvalue weighted by molar-refractivity contribution is -0.386. The number of nitrogens with one attached hydrogen (secondary N) is 2. The lowest BCUT2D eigenvalue weighted by Crippen LogP contribution is -2.17. The Hall–Kier alpha value is -2.92. The number of carbonyl (C=O) groups is 1. The minimum absolute atomic E-state index is 0.0517. The standard InChI is InChI=1S/C12H7N5O4S2/c18-10(6-4-7(17(20)21)11(19)13-5-6)15-12-14-9(16-23-12)8-2-1-3-22-8/h1-5H,(H,13,19)(H,14,15,16,18). The predicted octanol–water partition coefficient (Wildman–Crippen LogP) is 2.12. The van der Waals surface area contributed by atoms with Crippen molar-refractivity contribution in [2.45, 2.75) is 0 Å². The quantitative estimate of drug-likeness (QED) is 0.548. The van der Waals surface area contributed by atoms with Gasteiger partial charge in [-0.2, -0.15) is 9.36 Å². The molecule has 0 aliphatic rings. The highest BCUT2D eigenvalue weighted by molar-refractivity contribution is 7.14. The van der Waals surface area contributed by atoms with E-state index in [-0.39, 0.29) is 10.7 Å². The third-order valence-corrected chi connectivity index (χ3v) is 4.23. The molecule has 0 aliphatic heterocycles. The number of nitrogens with zero attached hydrogens (tertiary/aromatic N) is 3. The monoisotopic (exact) mass is 349 g/mol. The number of rotatable bonds is 4. The molecule has 0 saturated heterocycles. The molecule has 0 unspecified atom stereocenters. The molecule has 116 valence electrons. The molecule has 0 atom stereocenters. The van der Waals surface area contributed by atoms with E-state index in [0.717, 1.165) is 28.7 Å². The summed E-state index contributed by atoms with van der Waals surface area (Å²) in [5.41, 5.74) is -1.62. The average Bonchev–Trinajstić information content (AvgIpc) is 3.18. The van der Waals surface area contributed by atoms with Crippen LogP contribution in [0.5, 0.6) is 0 Å². The molecule has 0 spiro atoms. The van der Waals surface area contributed by atoms with Crippen LogP contribution in [0.15, 0.2) is 34.6 Å². The Balaban J connectivity index is 1.81. The van der Waals surface area contributed by atoms with Gasteiger partial charge in [-0.3, -0.25) is 25.0 Å². The van der Waals surface area contributed by atoms with Gasteiger partial charge in [0.1, 0.15) is 0 Å². The zero-order valence-corrected chi connectivity index (χ0v) is 12.8. The van der Waals surface area contributed by atoms with Crippen LogP contribution < -0.4 is 10.9 Å². The van der Waals surface area contributed by atoms with Crippen LogP contribution in [0, 0.1) is 10.1 Å². The van der Waals surface area contributed by atoms with Crippen molar-refractivity contribution >= 4 is 39.6 Å². The number of aromatic nitrogens is 3. The summed E-state index contributed by atoms with van der Waals surface area (Å²) in [6.45, 7) is 0. The molecule has 0 radical (unpaired) electrons. The van der Waals surface area contributed by atoms with Crippen molar-refractivity contribution in [1.82, 2.24) is 14.3 Å². The van der Waals surface area contributed by atoms with Gasteiger partial charge < -0.3 is 4.98 Å². The summed E-state index contributed by atoms with van der Waals surface area (Å²) >= 11 is 2.46. The number of nitro groups is 1. The second kappa shape index (κ2) is 6.06. The fourth-order valence-electron chi connectivity index (χ4n) is 1.69. The molecule has 0 saturated carbocycles. The molecule has 0 aromatic carbocycles. The van der Waals surface area contributed by atoms with Crippen molar-refractivity contribution < 1.29 is 9.72 Å². The van der Waals surface area contributed by atoms with E-state index in [1.165, 1.54) is 11.3 Å². The number of anilines is 1. The molecule has 23 heavy (non-hydrogen) atoms. The van der Waals surface area contributed by atoms with Crippen molar-refractivity contribution in [1.29, 1.82) is 0 Å². The van der Waals surface area contributed by atoms with Gasteiger partial charge >= 0.3 is 11.2 Å². The normalized spacial score (nSPS) is 10.4. The van der Waals surface area contributed by atoms with Crippen molar-refractivity contribution in [3.63, 3.8) is 0 Å². The number of pyridine rings is 1. The van der Waals surface area contributed by atoms with E-state index in [1.807, 2.05) is 17.5 Å².